The highest BCUT2D eigenvalue weighted by Crippen LogP contribution is 2.19. The van der Waals surface area contributed by atoms with Crippen molar-refractivity contribution in [2.24, 2.45) is 0 Å². The summed E-state index contributed by atoms with van der Waals surface area (Å²) in [4.78, 5) is 13.9. The highest BCUT2D eigenvalue weighted by molar-refractivity contribution is 5.96. The Morgan fingerprint density at radius 2 is 2.20 bits per heavy atom. The monoisotopic (exact) mass is 277 g/mol. The van der Waals surface area contributed by atoms with Crippen LogP contribution in [0.2, 0.25) is 0 Å². The first-order chi connectivity index (χ1) is 9.58. The maximum Gasteiger partial charge on any atom is 0.163 e. The van der Waals surface area contributed by atoms with Gasteiger partial charge in [-0.15, -0.1) is 0 Å². The zero-order valence-electron chi connectivity index (χ0n) is 12.5. The number of hydrogen-bond acceptors (Lipinski definition) is 4. The molecule has 0 bridgehead atoms. The first-order valence-electron chi connectivity index (χ1n) is 7.16. The number of nitrogens with zero attached hydrogens (tertiary/aromatic N) is 1. The summed E-state index contributed by atoms with van der Waals surface area (Å²) in [5, 5.41) is 0. The van der Waals surface area contributed by atoms with Crippen molar-refractivity contribution in [2.45, 2.75) is 32.9 Å². The van der Waals surface area contributed by atoms with Gasteiger partial charge >= 0.3 is 0 Å². The van der Waals surface area contributed by atoms with Gasteiger partial charge in [-0.05, 0) is 32.9 Å². The maximum absolute atomic E-state index is 11.5. The lowest BCUT2D eigenvalue weighted by molar-refractivity contribution is -0.0565. The molecular weight excluding hydrogens is 254 g/mol. The lowest BCUT2D eigenvalue weighted by Gasteiger charge is -2.35. The summed E-state index contributed by atoms with van der Waals surface area (Å²) in [6.45, 7) is 8.99. The van der Waals surface area contributed by atoms with Crippen LogP contribution in [0, 0.1) is 0 Å². The van der Waals surface area contributed by atoms with Crippen LogP contribution < -0.4 is 4.74 Å². The summed E-state index contributed by atoms with van der Waals surface area (Å²) < 4.78 is 11.5. The molecule has 0 aliphatic carbocycles. The fraction of sp³-hybridized carbons (Fsp3) is 0.562. The second kappa shape index (κ2) is 6.86. The summed E-state index contributed by atoms with van der Waals surface area (Å²) in [6, 6.07) is 7.87. The normalized spacial score (nSPS) is 20.1. The van der Waals surface area contributed by atoms with Gasteiger partial charge < -0.3 is 9.47 Å². The quantitative estimate of drug-likeness (QED) is 0.775. The minimum atomic E-state index is 0.0222. The molecule has 110 valence electrons. The Morgan fingerprint density at radius 1 is 1.45 bits per heavy atom. The number of benzene rings is 1. The third-order valence-corrected chi connectivity index (χ3v) is 3.59. The zero-order chi connectivity index (χ0) is 14.5. The molecule has 1 atom stereocenters. The molecule has 0 radical (unpaired) electrons. The molecule has 0 spiro atoms. The van der Waals surface area contributed by atoms with E-state index < -0.39 is 0 Å². The molecule has 1 heterocycles. The maximum atomic E-state index is 11.5. The predicted molar refractivity (Wildman–Crippen MR) is 78.4 cm³/mol. The van der Waals surface area contributed by atoms with E-state index in [0.717, 1.165) is 19.7 Å². The van der Waals surface area contributed by atoms with Gasteiger partial charge in [-0.3, -0.25) is 9.69 Å². The van der Waals surface area contributed by atoms with Crippen molar-refractivity contribution in [3.63, 3.8) is 0 Å². The first kappa shape index (κ1) is 15.0. The van der Waals surface area contributed by atoms with Crippen molar-refractivity contribution >= 4 is 5.78 Å². The summed E-state index contributed by atoms with van der Waals surface area (Å²) in [5.74, 6) is 0.666. The van der Waals surface area contributed by atoms with Crippen molar-refractivity contribution in [1.29, 1.82) is 0 Å². The Hall–Kier alpha value is -1.39. The van der Waals surface area contributed by atoms with Crippen molar-refractivity contribution in [1.82, 2.24) is 4.90 Å². The Morgan fingerprint density at radius 3 is 2.90 bits per heavy atom. The Bertz CT molecular complexity index is 459. The zero-order valence-corrected chi connectivity index (χ0v) is 12.5. The van der Waals surface area contributed by atoms with Crippen LogP contribution in [-0.4, -0.2) is 49.1 Å². The molecule has 0 aromatic heterocycles. The van der Waals surface area contributed by atoms with Gasteiger partial charge in [0.2, 0.25) is 0 Å². The number of morpholine rings is 1. The van der Waals surface area contributed by atoms with E-state index in [1.165, 1.54) is 0 Å². The molecule has 0 N–H and O–H groups in total. The van der Waals surface area contributed by atoms with Crippen molar-refractivity contribution in [2.75, 3.05) is 26.3 Å². The number of ether oxygens (including phenoxy) is 2. The fourth-order valence-corrected chi connectivity index (χ4v) is 2.38. The van der Waals surface area contributed by atoms with E-state index in [0.29, 0.717) is 24.0 Å². The molecule has 20 heavy (non-hydrogen) atoms. The van der Waals surface area contributed by atoms with Crippen LogP contribution in [0.15, 0.2) is 24.3 Å². The lowest BCUT2D eigenvalue weighted by atomic mass is 10.1. The number of carbonyl (C=O) groups is 1. The summed E-state index contributed by atoms with van der Waals surface area (Å²) in [6.07, 6.45) is 0.0613. The van der Waals surface area contributed by atoms with E-state index in [-0.39, 0.29) is 11.9 Å². The van der Waals surface area contributed by atoms with Gasteiger partial charge in [-0.1, -0.05) is 12.1 Å². The van der Waals surface area contributed by atoms with E-state index in [9.17, 15) is 4.79 Å². The van der Waals surface area contributed by atoms with Crippen LogP contribution in [0.4, 0.5) is 0 Å². The molecule has 4 heteroatoms. The summed E-state index contributed by atoms with van der Waals surface area (Å²) >= 11 is 0. The van der Waals surface area contributed by atoms with E-state index in [4.69, 9.17) is 9.47 Å². The highest BCUT2D eigenvalue weighted by atomic mass is 16.5. The average Bonchev–Trinajstić information content (AvgIpc) is 2.45. The molecule has 1 aliphatic heterocycles. The van der Waals surface area contributed by atoms with E-state index in [1.807, 2.05) is 18.2 Å². The molecule has 1 unspecified atom stereocenters. The number of Topliss-reactive ketones (excluding diaryl/α,β-unsaturated/α-hetero) is 1. The van der Waals surface area contributed by atoms with E-state index >= 15 is 0 Å². The standard InChI is InChI=1S/C16H23NO3/c1-12(2)17-8-9-19-14(10-17)11-20-16-7-5-4-6-15(16)13(3)18/h4-7,12,14H,8-11H2,1-3H3. The van der Waals surface area contributed by atoms with Crippen LogP contribution in [0.1, 0.15) is 31.1 Å². The van der Waals surface area contributed by atoms with Crippen LogP contribution in [0.3, 0.4) is 0 Å². The molecule has 1 saturated heterocycles. The highest BCUT2D eigenvalue weighted by Gasteiger charge is 2.23. The predicted octanol–water partition coefficient (Wildman–Crippen LogP) is 2.38. The summed E-state index contributed by atoms with van der Waals surface area (Å²) in [7, 11) is 0. The van der Waals surface area contributed by atoms with Crippen LogP contribution >= 0.6 is 0 Å². The van der Waals surface area contributed by atoms with Gasteiger partial charge in [0.05, 0.1) is 12.2 Å². The molecule has 0 saturated carbocycles. The van der Waals surface area contributed by atoms with E-state index in [2.05, 4.69) is 18.7 Å². The number of para-hydroxylation sites is 1. The van der Waals surface area contributed by atoms with Crippen LogP contribution in [0.25, 0.3) is 0 Å². The second-order valence-electron chi connectivity index (χ2n) is 5.44. The minimum absolute atomic E-state index is 0.0222. The smallest absolute Gasteiger partial charge is 0.163 e. The topological polar surface area (TPSA) is 38.8 Å². The molecular formula is C16H23NO3. The van der Waals surface area contributed by atoms with Crippen LogP contribution in [-0.2, 0) is 4.74 Å². The number of ketones is 1. The number of carbonyl (C=O) groups excluding carboxylic acids is 1. The third-order valence-electron chi connectivity index (χ3n) is 3.59. The van der Waals surface area contributed by atoms with Gasteiger partial charge in [0.15, 0.2) is 5.78 Å². The van der Waals surface area contributed by atoms with Gasteiger partial charge in [0.25, 0.3) is 0 Å². The second-order valence-corrected chi connectivity index (χ2v) is 5.44. The first-order valence-corrected chi connectivity index (χ1v) is 7.16. The van der Waals surface area contributed by atoms with Crippen molar-refractivity contribution < 1.29 is 14.3 Å². The van der Waals surface area contributed by atoms with Gasteiger partial charge in [0.1, 0.15) is 18.5 Å². The van der Waals surface area contributed by atoms with Gasteiger partial charge in [-0.2, -0.15) is 0 Å². The average molecular weight is 277 g/mol. The molecule has 1 aromatic carbocycles. The van der Waals surface area contributed by atoms with Gasteiger partial charge in [0, 0.05) is 19.1 Å². The van der Waals surface area contributed by atoms with Crippen LogP contribution in [0.5, 0.6) is 5.75 Å². The van der Waals surface area contributed by atoms with Crippen molar-refractivity contribution in [3.05, 3.63) is 29.8 Å². The molecule has 1 aliphatic rings. The third kappa shape index (κ3) is 3.81. The Balaban J connectivity index is 1.94. The van der Waals surface area contributed by atoms with Gasteiger partial charge in [-0.25, -0.2) is 0 Å². The molecule has 1 aromatic rings. The minimum Gasteiger partial charge on any atom is -0.490 e. The number of hydrogen-bond donors (Lipinski definition) is 0. The molecule has 0 amide bonds. The number of rotatable bonds is 5. The Labute approximate surface area is 120 Å². The largest absolute Gasteiger partial charge is 0.490 e. The lowest BCUT2D eigenvalue weighted by Crippen LogP contribution is -2.47. The molecule has 1 fully saturated rings. The van der Waals surface area contributed by atoms with Crippen molar-refractivity contribution in [3.8, 4) is 5.75 Å². The van der Waals surface area contributed by atoms with E-state index in [1.54, 1.807) is 13.0 Å². The Kier molecular flexibility index (Phi) is 5.15. The molecule has 2 rings (SSSR count). The SMILES string of the molecule is CC(=O)c1ccccc1OCC1CN(C(C)C)CCO1. The fourth-order valence-electron chi connectivity index (χ4n) is 2.38. The summed E-state index contributed by atoms with van der Waals surface area (Å²) in [5.41, 5.74) is 0.629. The molecule has 4 nitrogen and oxygen atoms in total.